The summed E-state index contributed by atoms with van der Waals surface area (Å²) in [5, 5.41) is 8.96. The minimum Gasteiger partial charge on any atom is -0.495 e. The lowest BCUT2D eigenvalue weighted by atomic mass is 10.1. The van der Waals surface area contributed by atoms with Crippen LogP contribution >= 0.6 is 0 Å². The van der Waals surface area contributed by atoms with Gasteiger partial charge in [0.1, 0.15) is 11.3 Å². The van der Waals surface area contributed by atoms with Gasteiger partial charge >= 0.3 is 11.9 Å². The molecule has 0 aliphatic heterocycles. The van der Waals surface area contributed by atoms with Crippen LogP contribution in [0.15, 0.2) is 18.2 Å². The average Bonchev–Trinajstić information content (AvgIpc) is 2.36. The number of carboxylic acids is 1. The number of carboxylic acid groups (broad SMARTS) is 1. The van der Waals surface area contributed by atoms with Crippen LogP contribution in [0.25, 0.3) is 0 Å². The Hall–Kier alpha value is -2.48. The highest BCUT2D eigenvalue weighted by molar-refractivity contribution is 5.93. The van der Waals surface area contributed by atoms with E-state index in [4.69, 9.17) is 9.84 Å². The van der Waals surface area contributed by atoms with Crippen LogP contribution in [-0.2, 0) is 9.53 Å². The van der Waals surface area contributed by atoms with E-state index in [2.05, 4.69) is 16.6 Å². The van der Waals surface area contributed by atoms with Crippen molar-refractivity contribution in [3.63, 3.8) is 0 Å². The summed E-state index contributed by atoms with van der Waals surface area (Å²) in [5.74, 6) is 3.13. The van der Waals surface area contributed by atoms with Crippen molar-refractivity contribution < 1.29 is 24.2 Å². The van der Waals surface area contributed by atoms with Crippen molar-refractivity contribution in [2.24, 2.45) is 0 Å². The Balaban J connectivity index is 3.13. The summed E-state index contributed by atoms with van der Waals surface area (Å²) in [4.78, 5) is 22.0. The standard InChI is InChI=1S/C13H12O5/c1-3-18-11(14)8-7-9-5-4-6-10(13(15)16)12(9)17-2/h4-6H,3H2,1-2H3,(H,15,16). The molecule has 0 saturated heterocycles. The maximum atomic E-state index is 11.1. The van der Waals surface area contributed by atoms with Crippen LogP contribution in [0, 0.1) is 11.8 Å². The van der Waals surface area contributed by atoms with Crippen molar-refractivity contribution in [2.75, 3.05) is 13.7 Å². The molecular weight excluding hydrogens is 236 g/mol. The third-order valence-electron chi connectivity index (χ3n) is 2.02. The molecule has 0 bridgehead atoms. The number of hydrogen-bond acceptors (Lipinski definition) is 4. The van der Waals surface area contributed by atoms with Gasteiger partial charge in [-0.3, -0.25) is 0 Å². The van der Waals surface area contributed by atoms with E-state index in [0.717, 1.165) is 0 Å². The van der Waals surface area contributed by atoms with E-state index < -0.39 is 11.9 Å². The van der Waals surface area contributed by atoms with Crippen LogP contribution in [0.1, 0.15) is 22.8 Å². The summed E-state index contributed by atoms with van der Waals surface area (Å²) in [5.41, 5.74) is 0.318. The number of methoxy groups -OCH3 is 1. The van der Waals surface area contributed by atoms with Gasteiger partial charge in [-0.05, 0) is 19.1 Å². The van der Waals surface area contributed by atoms with Crippen molar-refractivity contribution in [3.05, 3.63) is 29.3 Å². The summed E-state index contributed by atoms with van der Waals surface area (Å²) in [6.45, 7) is 1.91. The summed E-state index contributed by atoms with van der Waals surface area (Å²) in [6, 6.07) is 4.50. The van der Waals surface area contributed by atoms with Crippen molar-refractivity contribution in [3.8, 4) is 17.6 Å². The normalized spacial score (nSPS) is 9.00. The number of carbonyl (C=O) groups excluding carboxylic acids is 1. The van der Waals surface area contributed by atoms with Crippen LogP contribution < -0.4 is 4.74 Å². The fourth-order valence-corrected chi connectivity index (χ4v) is 1.31. The fraction of sp³-hybridized carbons (Fsp3) is 0.231. The summed E-state index contributed by atoms with van der Waals surface area (Å²) < 4.78 is 9.64. The lowest BCUT2D eigenvalue weighted by molar-refractivity contribution is -0.136. The SMILES string of the molecule is CCOC(=O)C#Cc1cccc(C(=O)O)c1OC. The van der Waals surface area contributed by atoms with Gasteiger partial charge in [0.15, 0.2) is 0 Å². The molecule has 0 amide bonds. The first-order valence-corrected chi connectivity index (χ1v) is 5.19. The number of aromatic carboxylic acids is 1. The molecule has 5 nitrogen and oxygen atoms in total. The topological polar surface area (TPSA) is 72.8 Å². The zero-order valence-electron chi connectivity index (χ0n) is 10.0. The second kappa shape index (κ2) is 6.30. The van der Waals surface area contributed by atoms with E-state index in [-0.39, 0.29) is 17.9 Å². The highest BCUT2D eigenvalue weighted by atomic mass is 16.5. The molecule has 0 heterocycles. The van der Waals surface area contributed by atoms with Gasteiger partial charge in [0.25, 0.3) is 0 Å². The monoisotopic (exact) mass is 248 g/mol. The molecule has 0 atom stereocenters. The molecule has 1 rings (SSSR count). The van der Waals surface area contributed by atoms with E-state index in [1.54, 1.807) is 13.0 Å². The number of rotatable bonds is 3. The molecule has 94 valence electrons. The number of hydrogen-bond donors (Lipinski definition) is 1. The van der Waals surface area contributed by atoms with E-state index >= 15 is 0 Å². The highest BCUT2D eigenvalue weighted by Gasteiger charge is 2.13. The summed E-state index contributed by atoms with van der Waals surface area (Å²) in [7, 11) is 1.34. The molecule has 1 aromatic rings. The maximum absolute atomic E-state index is 11.1. The molecule has 18 heavy (non-hydrogen) atoms. The molecule has 1 N–H and O–H groups in total. The first kappa shape index (κ1) is 13.6. The predicted octanol–water partition coefficient (Wildman–Crippen LogP) is 1.31. The van der Waals surface area contributed by atoms with Crippen molar-refractivity contribution in [1.29, 1.82) is 0 Å². The smallest absolute Gasteiger partial charge is 0.384 e. The molecule has 0 saturated carbocycles. The molecule has 0 aliphatic carbocycles. The molecule has 1 aromatic carbocycles. The molecule has 0 aromatic heterocycles. The first-order chi connectivity index (χ1) is 8.60. The minimum absolute atomic E-state index is 0.00633. The van der Waals surface area contributed by atoms with Gasteiger partial charge in [-0.1, -0.05) is 12.0 Å². The minimum atomic E-state index is -1.12. The van der Waals surface area contributed by atoms with Crippen molar-refractivity contribution in [1.82, 2.24) is 0 Å². The summed E-state index contributed by atoms with van der Waals surface area (Å²) >= 11 is 0. The molecule has 5 heteroatoms. The van der Waals surface area contributed by atoms with E-state index in [0.29, 0.717) is 5.56 Å². The zero-order valence-corrected chi connectivity index (χ0v) is 10.0. The van der Waals surface area contributed by atoms with Gasteiger partial charge in [0, 0.05) is 5.92 Å². The Morgan fingerprint density at radius 2 is 2.11 bits per heavy atom. The lowest BCUT2D eigenvalue weighted by Crippen LogP contribution is -2.03. The Morgan fingerprint density at radius 1 is 1.39 bits per heavy atom. The molecule has 0 spiro atoms. The molecular formula is C13H12O5. The lowest BCUT2D eigenvalue weighted by Gasteiger charge is -2.06. The van der Waals surface area contributed by atoms with Gasteiger partial charge in [0.2, 0.25) is 0 Å². The third-order valence-corrected chi connectivity index (χ3v) is 2.02. The van der Waals surface area contributed by atoms with Gasteiger partial charge in [-0.25, -0.2) is 9.59 Å². The molecule has 0 aliphatic rings. The van der Waals surface area contributed by atoms with Gasteiger partial charge in [0.05, 0.1) is 19.3 Å². The number of benzene rings is 1. The number of para-hydroxylation sites is 1. The average molecular weight is 248 g/mol. The molecule has 0 radical (unpaired) electrons. The van der Waals surface area contributed by atoms with E-state index in [1.807, 2.05) is 0 Å². The Kier molecular flexibility index (Phi) is 4.76. The Bertz CT molecular complexity index is 522. The fourth-order valence-electron chi connectivity index (χ4n) is 1.31. The van der Waals surface area contributed by atoms with Gasteiger partial charge < -0.3 is 14.6 Å². The van der Waals surface area contributed by atoms with Crippen LogP contribution in [-0.4, -0.2) is 30.8 Å². The number of ether oxygens (including phenoxy) is 2. The second-order valence-corrected chi connectivity index (χ2v) is 3.16. The van der Waals surface area contributed by atoms with Crippen LogP contribution in [0.4, 0.5) is 0 Å². The maximum Gasteiger partial charge on any atom is 0.384 e. The Labute approximate surface area is 104 Å². The van der Waals surface area contributed by atoms with Crippen molar-refractivity contribution in [2.45, 2.75) is 6.92 Å². The highest BCUT2D eigenvalue weighted by Crippen LogP contribution is 2.22. The predicted molar refractivity (Wildman–Crippen MR) is 63.5 cm³/mol. The first-order valence-electron chi connectivity index (χ1n) is 5.19. The number of esters is 1. The third kappa shape index (κ3) is 3.25. The van der Waals surface area contributed by atoms with Crippen molar-refractivity contribution >= 4 is 11.9 Å². The largest absolute Gasteiger partial charge is 0.495 e. The van der Waals surface area contributed by atoms with Crippen LogP contribution in [0.5, 0.6) is 5.75 Å². The van der Waals surface area contributed by atoms with E-state index in [9.17, 15) is 9.59 Å². The number of carbonyl (C=O) groups is 2. The van der Waals surface area contributed by atoms with E-state index in [1.165, 1.54) is 19.2 Å². The second-order valence-electron chi connectivity index (χ2n) is 3.16. The van der Waals surface area contributed by atoms with Gasteiger partial charge in [-0.2, -0.15) is 0 Å². The zero-order chi connectivity index (χ0) is 13.5. The van der Waals surface area contributed by atoms with Crippen LogP contribution in [0.2, 0.25) is 0 Å². The molecule has 0 fully saturated rings. The van der Waals surface area contributed by atoms with Crippen LogP contribution in [0.3, 0.4) is 0 Å². The van der Waals surface area contributed by atoms with Gasteiger partial charge in [-0.15, -0.1) is 0 Å². The molecule has 0 unspecified atom stereocenters. The summed E-state index contributed by atoms with van der Waals surface area (Å²) in [6.07, 6.45) is 0. The Morgan fingerprint density at radius 3 is 2.67 bits per heavy atom. The quantitative estimate of drug-likeness (QED) is 0.645.